The van der Waals surface area contributed by atoms with Crippen LogP contribution in [0.15, 0.2) is 48.8 Å². The molecule has 1 aliphatic heterocycles. The van der Waals surface area contributed by atoms with Crippen LogP contribution >= 0.6 is 0 Å². The average Bonchev–Trinajstić information content (AvgIpc) is 3.20. The summed E-state index contributed by atoms with van der Waals surface area (Å²) in [7, 11) is 0. The van der Waals surface area contributed by atoms with Crippen molar-refractivity contribution in [2.24, 2.45) is 0 Å². The topological polar surface area (TPSA) is 98.1 Å². The molecule has 0 fully saturated rings. The van der Waals surface area contributed by atoms with E-state index in [0.717, 1.165) is 5.56 Å². The predicted octanol–water partition coefficient (Wildman–Crippen LogP) is 2.93. The van der Waals surface area contributed by atoms with Crippen LogP contribution in [0, 0.1) is 5.82 Å². The Kier molecular flexibility index (Phi) is 6.27. The molecule has 1 aromatic carbocycles. The predicted molar refractivity (Wildman–Crippen MR) is 114 cm³/mol. The molecule has 0 aliphatic carbocycles. The molecule has 0 unspecified atom stereocenters. The smallest absolute Gasteiger partial charge is 0.268 e. The zero-order valence-corrected chi connectivity index (χ0v) is 17.8. The van der Waals surface area contributed by atoms with Crippen molar-refractivity contribution in [1.82, 2.24) is 25.2 Å². The van der Waals surface area contributed by atoms with Crippen LogP contribution in [0.2, 0.25) is 0 Å². The third-order valence-electron chi connectivity index (χ3n) is 5.42. The molecule has 9 heteroatoms. The molecule has 0 bridgehead atoms. The van der Waals surface area contributed by atoms with E-state index in [1.807, 2.05) is 11.5 Å². The highest BCUT2D eigenvalue weighted by Crippen LogP contribution is 2.23. The fourth-order valence-electron chi connectivity index (χ4n) is 3.69. The Morgan fingerprint density at radius 2 is 1.75 bits per heavy atom. The quantitative estimate of drug-likeness (QED) is 0.618. The summed E-state index contributed by atoms with van der Waals surface area (Å²) in [6.07, 6.45) is 3.23. The average molecular weight is 437 g/mol. The number of aromatic nitrogens is 3. The van der Waals surface area contributed by atoms with Crippen LogP contribution in [-0.4, -0.2) is 33.0 Å². The molecule has 0 radical (unpaired) electrons. The molecule has 1 aliphatic rings. The SMILES string of the molecule is C[C@H](NC(=O)c1cc(C(=O)N[C@H](C)c2ccc(F)cc2)n2c1COCC2)c1ncccn1. The number of nitrogens with one attached hydrogen (secondary N) is 2. The van der Waals surface area contributed by atoms with Gasteiger partial charge < -0.3 is 19.9 Å². The summed E-state index contributed by atoms with van der Waals surface area (Å²) in [6, 6.07) is 8.54. The summed E-state index contributed by atoms with van der Waals surface area (Å²) >= 11 is 0. The van der Waals surface area contributed by atoms with Crippen molar-refractivity contribution < 1.29 is 18.7 Å². The monoisotopic (exact) mass is 437 g/mol. The molecule has 4 rings (SSSR count). The van der Waals surface area contributed by atoms with Gasteiger partial charge in [-0.25, -0.2) is 14.4 Å². The summed E-state index contributed by atoms with van der Waals surface area (Å²) in [5, 5.41) is 5.81. The molecule has 8 nitrogen and oxygen atoms in total. The standard InChI is InChI=1S/C23H24FN5O3/c1-14(16-4-6-17(24)7-5-16)27-23(31)19-12-18(20-13-32-11-10-29(19)20)22(30)28-15(2)21-25-8-3-9-26-21/h3-9,12,14-15H,10-11,13H2,1-2H3,(H,27,31)(H,28,30)/t14-,15+/m1/s1. The van der Waals surface area contributed by atoms with Crippen molar-refractivity contribution in [3.63, 3.8) is 0 Å². The molecule has 2 atom stereocenters. The fraction of sp³-hybridized carbons (Fsp3) is 0.304. The normalized spacial score (nSPS) is 14.8. The highest BCUT2D eigenvalue weighted by Gasteiger charge is 2.27. The maximum Gasteiger partial charge on any atom is 0.268 e. The van der Waals surface area contributed by atoms with Gasteiger partial charge in [0.15, 0.2) is 0 Å². The lowest BCUT2D eigenvalue weighted by Gasteiger charge is -2.20. The minimum absolute atomic E-state index is 0.236. The minimum Gasteiger partial charge on any atom is -0.373 e. The van der Waals surface area contributed by atoms with Gasteiger partial charge in [0.2, 0.25) is 0 Å². The second-order valence-corrected chi connectivity index (χ2v) is 7.64. The second kappa shape index (κ2) is 9.27. The van der Waals surface area contributed by atoms with E-state index in [1.165, 1.54) is 12.1 Å². The summed E-state index contributed by atoms with van der Waals surface area (Å²) in [5.41, 5.74) is 2.19. The van der Waals surface area contributed by atoms with E-state index in [4.69, 9.17) is 4.74 Å². The summed E-state index contributed by atoms with van der Waals surface area (Å²) in [6.45, 7) is 4.77. The van der Waals surface area contributed by atoms with Crippen LogP contribution < -0.4 is 10.6 Å². The number of amides is 2. The molecular weight excluding hydrogens is 413 g/mol. The number of benzene rings is 1. The van der Waals surface area contributed by atoms with E-state index < -0.39 is 6.04 Å². The first-order valence-corrected chi connectivity index (χ1v) is 10.4. The van der Waals surface area contributed by atoms with Crippen molar-refractivity contribution in [3.8, 4) is 0 Å². The van der Waals surface area contributed by atoms with Gasteiger partial charge in [-0.05, 0) is 43.7 Å². The number of halogens is 1. The van der Waals surface area contributed by atoms with Gasteiger partial charge in [-0.2, -0.15) is 0 Å². The van der Waals surface area contributed by atoms with Crippen LogP contribution in [0.1, 0.15) is 63.9 Å². The van der Waals surface area contributed by atoms with Gasteiger partial charge >= 0.3 is 0 Å². The van der Waals surface area contributed by atoms with Gasteiger partial charge in [0.25, 0.3) is 11.8 Å². The molecule has 32 heavy (non-hydrogen) atoms. The van der Waals surface area contributed by atoms with Crippen molar-refractivity contribution in [2.75, 3.05) is 6.61 Å². The van der Waals surface area contributed by atoms with Gasteiger partial charge in [0.1, 0.15) is 17.3 Å². The van der Waals surface area contributed by atoms with Crippen molar-refractivity contribution in [3.05, 3.63) is 82.9 Å². The number of rotatable bonds is 6. The van der Waals surface area contributed by atoms with E-state index in [-0.39, 0.29) is 30.3 Å². The van der Waals surface area contributed by atoms with Crippen LogP contribution in [0.25, 0.3) is 0 Å². The van der Waals surface area contributed by atoms with Gasteiger partial charge in [0.05, 0.1) is 36.6 Å². The molecule has 3 heterocycles. The minimum atomic E-state index is -0.403. The maximum atomic E-state index is 13.2. The van der Waals surface area contributed by atoms with Crippen molar-refractivity contribution in [2.45, 2.75) is 39.1 Å². The third-order valence-corrected chi connectivity index (χ3v) is 5.42. The summed E-state index contributed by atoms with van der Waals surface area (Å²) in [5.74, 6) is -0.483. The van der Waals surface area contributed by atoms with E-state index in [2.05, 4.69) is 20.6 Å². The number of fused-ring (bicyclic) bond motifs is 1. The Morgan fingerprint density at radius 3 is 2.47 bits per heavy atom. The second-order valence-electron chi connectivity index (χ2n) is 7.64. The molecule has 3 aromatic rings. The van der Waals surface area contributed by atoms with Crippen molar-refractivity contribution >= 4 is 11.8 Å². The molecule has 166 valence electrons. The van der Waals surface area contributed by atoms with Gasteiger partial charge in [-0.3, -0.25) is 9.59 Å². The van der Waals surface area contributed by atoms with Crippen LogP contribution in [-0.2, 0) is 17.9 Å². The zero-order valence-electron chi connectivity index (χ0n) is 17.8. The highest BCUT2D eigenvalue weighted by atomic mass is 19.1. The number of carbonyl (C=O) groups excluding carboxylic acids is 2. The first-order valence-electron chi connectivity index (χ1n) is 10.4. The Hall–Kier alpha value is -3.59. The van der Waals surface area contributed by atoms with Crippen LogP contribution in [0.3, 0.4) is 0 Å². The van der Waals surface area contributed by atoms with E-state index in [0.29, 0.717) is 35.9 Å². The maximum absolute atomic E-state index is 13.2. The lowest BCUT2D eigenvalue weighted by Crippen LogP contribution is -2.30. The van der Waals surface area contributed by atoms with Gasteiger partial charge in [0, 0.05) is 18.9 Å². The number of hydrogen-bond acceptors (Lipinski definition) is 5. The Labute approximate surface area is 184 Å². The molecular formula is C23H24FN5O3. The molecule has 2 amide bonds. The zero-order chi connectivity index (χ0) is 22.7. The van der Waals surface area contributed by atoms with Gasteiger partial charge in [-0.1, -0.05) is 12.1 Å². The lowest BCUT2D eigenvalue weighted by molar-refractivity contribution is 0.0774. The summed E-state index contributed by atoms with van der Waals surface area (Å²) < 4.78 is 20.5. The number of hydrogen-bond donors (Lipinski definition) is 2. The number of ether oxygens (including phenoxy) is 1. The van der Waals surface area contributed by atoms with Crippen LogP contribution in [0.4, 0.5) is 4.39 Å². The molecule has 2 N–H and O–H groups in total. The first-order chi connectivity index (χ1) is 15.4. The number of nitrogens with zero attached hydrogens (tertiary/aromatic N) is 3. The summed E-state index contributed by atoms with van der Waals surface area (Å²) in [4.78, 5) is 34.4. The van der Waals surface area contributed by atoms with Crippen molar-refractivity contribution in [1.29, 1.82) is 0 Å². The molecule has 2 aromatic heterocycles. The Bertz CT molecular complexity index is 1110. The van der Waals surface area contributed by atoms with Gasteiger partial charge in [-0.15, -0.1) is 0 Å². The highest BCUT2D eigenvalue weighted by molar-refractivity contribution is 6.01. The van der Waals surface area contributed by atoms with Crippen LogP contribution in [0.5, 0.6) is 0 Å². The molecule has 0 spiro atoms. The van der Waals surface area contributed by atoms with E-state index in [1.54, 1.807) is 43.6 Å². The third kappa shape index (κ3) is 4.52. The Balaban J connectivity index is 1.55. The van der Waals surface area contributed by atoms with E-state index in [9.17, 15) is 14.0 Å². The Morgan fingerprint density at radius 1 is 1.06 bits per heavy atom. The number of carbonyl (C=O) groups is 2. The molecule has 0 saturated heterocycles. The fourth-order valence-corrected chi connectivity index (χ4v) is 3.69. The first kappa shape index (κ1) is 21.6. The van der Waals surface area contributed by atoms with E-state index >= 15 is 0 Å². The largest absolute Gasteiger partial charge is 0.373 e. The molecule has 0 saturated carbocycles. The lowest BCUT2D eigenvalue weighted by atomic mass is 10.1.